The van der Waals surface area contributed by atoms with Gasteiger partial charge in [0.2, 0.25) is 0 Å². The summed E-state index contributed by atoms with van der Waals surface area (Å²) in [5.41, 5.74) is 6.57. The highest BCUT2D eigenvalue weighted by Gasteiger charge is 2.13. The van der Waals surface area contributed by atoms with Gasteiger partial charge in [0, 0.05) is 20.1 Å². The number of benzene rings is 1. The number of nitrogens with zero attached hydrogens (tertiary/aromatic N) is 1. The molecule has 0 fully saturated rings. The van der Waals surface area contributed by atoms with Gasteiger partial charge in [-0.3, -0.25) is 4.79 Å². The van der Waals surface area contributed by atoms with E-state index in [1.54, 1.807) is 31.1 Å². The molecule has 16 heavy (non-hydrogen) atoms. The van der Waals surface area contributed by atoms with Gasteiger partial charge in [-0.1, -0.05) is 6.07 Å². The van der Waals surface area contributed by atoms with Gasteiger partial charge >= 0.3 is 5.97 Å². The highest BCUT2D eigenvalue weighted by molar-refractivity contribution is 5.68. The average molecular weight is 226 g/mol. The van der Waals surface area contributed by atoms with Gasteiger partial charge in [0.25, 0.3) is 0 Å². The molecule has 0 amide bonds. The Bertz CT molecular complexity index is 394. The summed E-state index contributed by atoms with van der Waals surface area (Å²) in [5, 5.41) is 8.58. The van der Waals surface area contributed by atoms with Crippen molar-refractivity contribution < 1.29 is 14.3 Å². The molecular weight excluding hydrogens is 211 g/mol. The van der Waals surface area contributed by atoms with Gasteiger partial charge in [-0.05, 0) is 17.7 Å². The maximum atomic E-state index is 13.6. The van der Waals surface area contributed by atoms with Crippen molar-refractivity contribution in [2.45, 2.75) is 12.5 Å². The smallest absolute Gasteiger partial charge is 0.305 e. The third-order valence-electron chi connectivity index (χ3n) is 2.28. The summed E-state index contributed by atoms with van der Waals surface area (Å²) in [4.78, 5) is 12.1. The molecule has 0 aliphatic heterocycles. The summed E-state index contributed by atoms with van der Waals surface area (Å²) in [6, 6.07) is 3.84. The topological polar surface area (TPSA) is 66.6 Å². The minimum atomic E-state index is -0.996. The van der Waals surface area contributed by atoms with Gasteiger partial charge < -0.3 is 15.7 Å². The number of halogens is 1. The van der Waals surface area contributed by atoms with E-state index >= 15 is 0 Å². The summed E-state index contributed by atoms with van der Waals surface area (Å²) >= 11 is 0. The van der Waals surface area contributed by atoms with Gasteiger partial charge in [0.05, 0.1) is 12.1 Å². The molecule has 3 N–H and O–H groups in total. The highest BCUT2D eigenvalue weighted by Crippen LogP contribution is 2.22. The van der Waals surface area contributed by atoms with Crippen LogP contribution in [0.5, 0.6) is 0 Å². The van der Waals surface area contributed by atoms with E-state index in [9.17, 15) is 9.18 Å². The molecule has 1 aromatic carbocycles. The predicted molar refractivity (Wildman–Crippen MR) is 59.9 cm³/mol. The first kappa shape index (κ1) is 12.4. The van der Waals surface area contributed by atoms with Crippen molar-refractivity contribution in [3.63, 3.8) is 0 Å². The van der Waals surface area contributed by atoms with E-state index in [2.05, 4.69) is 0 Å². The molecule has 1 atom stereocenters. The first-order chi connectivity index (χ1) is 7.41. The zero-order valence-corrected chi connectivity index (χ0v) is 9.27. The zero-order valence-electron chi connectivity index (χ0n) is 9.27. The number of hydrogen-bond acceptors (Lipinski definition) is 3. The molecule has 1 aromatic rings. The zero-order chi connectivity index (χ0) is 12.3. The first-order valence-corrected chi connectivity index (χ1v) is 4.86. The van der Waals surface area contributed by atoms with Crippen LogP contribution in [0.1, 0.15) is 18.0 Å². The van der Waals surface area contributed by atoms with Crippen molar-refractivity contribution >= 4 is 11.7 Å². The molecule has 1 rings (SSSR count). The van der Waals surface area contributed by atoms with Crippen LogP contribution in [0.4, 0.5) is 10.1 Å². The molecule has 0 heterocycles. The summed E-state index contributed by atoms with van der Waals surface area (Å²) in [6.07, 6.45) is -0.208. The van der Waals surface area contributed by atoms with Gasteiger partial charge in [0.15, 0.2) is 0 Å². The molecule has 5 heteroatoms. The summed E-state index contributed by atoms with van der Waals surface area (Å²) in [6.45, 7) is 0. The van der Waals surface area contributed by atoms with E-state index in [0.29, 0.717) is 11.3 Å². The van der Waals surface area contributed by atoms with Crippen LogP contribution in [0.2, 0.25) is 0 Å². The molecule has 0 spiro atoms. The standard InChI is InChI=1S/C11H15FN2O2/c1-14(2)10-4-3-7(5-8(10)12)9(13)6-11(15)16/h3-5,9H,6,13H2,1-2H3,(H,15,16). The summed E-state index contributed by atoms with van der Waals surface area (Å²) < 4.78 is 13.6. The van der Waals surface area contributed by atoms with E-state index in [1.807, 2.05) is 0 Å². The Morgan fingerprint density at radius 3 is 2.62 bits per heavy atom. The quantitative estimate of drug-likeness (QED) is 0.813. The molecule has 88 valence electrons. The van der Waals surface area contributed by atoms with Crippen LogP contribution in [0.3, 0.4) is 0 Å². The van der Waals surface area contributed by atoms with Gasteiger partial charge in [-0.25, -0.2) is 4.39 Å². The molecule has 0 bridgehead atoms. The fraction of sp³-hybridized carbons (Fsp3) is 0.364. The van der Waals surface area contributed by atoms with Crippen molar-refractivity contribution in [3.8, 4) is 0 Å². The summed E-state index contributed by atoms with van der Waals surface area (Å²) in [5.74, 6) is -1.40. The molecule has 1 unspecified atom stereocenters. The molecule has 4 nitrogen and oxygen atoms in total. The van der Waals surface area contributed by atoms with Crippen molar-refractivity contribution in [2.24, 2.45) is 5.73 Å². The average Bonchev–Trinajstić information content (AvgIpc) is 2.15. The second-order valence-corrected chi connectivity index (χ2v) is 3.81. The molecule has 0 radical (unpaired) electrons. The number of carbonyl (C=O) groups is 1. The second kappa shape index (κ2) is 4.94. The molecule has 0 aromatic heterocycles. The Morgan fingerprint density at radius 2 is 2.19 bits per heavy atom. The van der Waals surface area contributed by atoms with Crippen molar-refractivity contribution in [2.75, 3.05) is 19.0 Å². The highest BCUT2D eigenvalue weighted by atomic mass is 19.1. The van der Waals surface area contributed by atoms with E-state index in [1.165, 1.54) is 6.07 Å². The minimum absolute atomic E-state index is 0.208. The fourth-order valence-corrected chi connectivity index (χ4v) is 1.42. The lowest BCUT2D eigenvalue weighted by atomic mass is 10.0. The monoisotopic (exact) mass is 226 g/mol. The lowest BCUT2D eigenvalue weighted by Gasteiger charge is -2.16. The van der Waals surface area contributed by atoms with Crippen LogP contribution in [0.25, 0.3) is 0 Å². The van der Waals surface area contributed by atoms with Crippen LogP contribution in [0, 0.1) is 5.82 Å². The SMILES string of the molecule is CN(C)c1ccc(C(N)CC(=O)O)cc1F. The second-order valence-electron chi connectivity index (χ2n) is 3.81. The lowest BCUT2D eigenvalue weighted by Crippen LogP contribution is -2.16. The number of aliphatic carboxylic acids is 1. The van der Waals surface area contributed by atoms with Crippen LogP contribution < -0.4 is 10.6 Å². The Morgan fingerprint density at radius 1 is 1.56 bits per heavy atom. The third kappa shape index (κ3) is 2.93. The number of rotatable bonds is 4. The normalized spacial score (nSPS) is 12.2. The number of carboxylic acids is 1. The Hall–Kier alpha value is -1.62. The molecule has 0 aliphatic rings. The first-order valence-electron chi connectivity index (χ1n) is 4.86. The predicted octanol–water partition coefficient (Wildman–Crippen LogP) is 1.37. The van der Waals surface area contributed by atoms with Gasteiger partial charge in [-0.2, -0.15) is 0 Å². The largest absolute Gasteiger partial charge is 0.481 e. The van der Waals surface area contributed by atoms with Gasteiger partial charge in [0.1, 0.15) is 5.82 Å². The molecular formula is C11H15FN2O2. The van der Waals surface area contributed by atoms with Crippen molar-refractivity contribution in [3.05, 3.63) is 29.6 Å². The fourth-order valence-electron chi connectivity index (χ4n) is 1.42. The maximum absolute atomic E-state index is 13.6. The minimum Gasteiger partial charge on any atom is -0.481 e. The van der Waals surface area contributed by atoms with Crippen LogP contribution in [0.15, 0.2) is 18.2 Å². The van der Waals surface area contributed by atoms with Crippen LogP contribution in [-0.4, -0.2) is 25.2 Å². The van der Waals surface area contributed by atoms with E-state index < -0.39 is 17.8 Å². The van der Waals surface area contributed by atoms with E-state index in [0.717, 1.165) is 0 Å². The number of carboxylic acid groups (broad SMARTS) is 1. The number of nitrogens with two attached hydrogens (primary N) is 1. The summed E-state index contributed by atoms with van der Waals surface area (Å²) in [7, 11) is 3.46. The number of anilines is 1. The van der Waals surface area contributed by atoms with Crippen molar-refractivity contribution in [1.82, 2.24) is 0 Å². The van der Waals surface area contributed by atoms with Crippen molar-refractivity contribution in [1.29, 1.82) is 0 Å². The van der Waals surface area contributed by atoms with E-state index in [-0.39, 0.29) is 6.42 Å². The van der Waals surface area contributed by atoms with Crippen LogP contribution >= 0.6 is 0 Å². The Balaban J connectivity index is 2.92. The Labute approximate surface area is 93.5 Å². The lowest BCUT2D eigenvalue weighted by molar-refractivity contribution is -0.137. The molecule has 0 saturated carbocycles. The van der Waals surface area contributed by atoms with E-state index in [4.69, 9.17) is 10.8 Å². The maximum Gasteiger partial charge on any atom is 0.305 e. The van der Waals surface area contributed by atoms with Crippen LogP contribution in [-0.2, 0) is 4.79 Å². The Kier molecular flexibility index (Phi) is 3.84. The van der Waals surface area contributed by atoms with Gasteiger partial charge in [-0.15, -0.1) is 0 Å². The number of hydrogen-bond donors (Lipinski definition) is 2. The molecule has 0 saturated heterocycles. The third-order valence-corrected chi connectivity index (χ3v) is 2.28. The molecule has 0 aliphatic carbocycles.